The van der Waals surface area contributed by atoms with Gasteiger partial charge >= 0.3 is 5.97 Å². The molecule has 0 aliphatic carbocycles. The largest absolute Gasteiger partial charge is 0.479 e. The number of nitrogens with zero attached hydrogens (tertiary/aromatic N) is 1. The van der Waals surface area contributed by atoms with Crippen molar-refractivity contribution in [3.8, 4) is 0 Å². The molecule has 1 aromatic carbocycles. The average Bonchev–Trinajstić information content (AvgIpc) is 2.98. The number of carbonyl (C=O) groups is 3. The zero-order valence-electron chi connectivity index (χ0n) is 13.1. The number of rotatable bonds is 5. The van der Waals surface area contributed by atoms with Gasteiger partial charge in [0.05, 0.1) is 0 Å². The highest BCUT2D eigenvalue weighted by Crippen LogP contribution is 2.27. The Morgan fingerprint density at radius 2 is 1.96 bits per heavy atom. The van der Waals surface area contributed by atoms with E-state index in [0.717, 1.165) is 22.9 Å². The summed E-state index contributed by atoms with van der Waals surface area (Å²) in [7, 11) is 0. The van der Waals surface area contributed by atoms with Gasteiger partial charge in [-0.2, -0.15) is 0 Å². The van der Waals surface area contributed by atoms with Crippen molar-refractivity contribution in [2.75, 3.05) is 12.3 Å². The highest BCUT2D eigenvalue weighted by atomic mass is 32.2. The Bertz CT molecular complexity index is 641. The molecule has 23 heavy (non-hydrogen) atoms. The molecular formula is C17H19NO4S. The molecule has 0 saturated carbocycles. The highest BCUT2D eigenvalue weighted by molar-refractivity contribution is 8.13. The van der Waals surface area contributed by atoms with Crippen LogP contribution in [0.1, 0.15) is 19.4 Å². The van der Waals surface area contributed by atoms with Crippen LogP contribution in [-0.2, 0) is 14.4 Å². The molecule has 1 aliphatic rings. The van der Waals surface area contributed by atoms with E-state index in [9.17, 15) is 19.5 Å². The zero-order valence-corrected chi connectivity index (χ0v) is 13.9. The molecule has 1 aromatic rings. The normalized spacial score (nSPS) is 18.4. The third-order valence-electron chi connectivity index (χ3n) is 3.67. The van der Waals surface area contributed by atoms with E-state index in [4.69, 9.17) is 0 Å². The molecule has 0 fully saturated rings. The van der Waals surface area contributed by atoms with E-state index >= 15 is 0 Å². The van der Waals surface area contributed by atoms with E-state index in [1.807, 2.05) is 30.3 Å². The molecule has 0 radical (unpaired) electrons. The molecule has 2 rings (SSSR count). The topological polar surface area (TPSA) is 74.7 Å². The lowest BCUT2D eigenvalue weighted by Gasteiger charge is -2.25. The van der Waals surface area contributed by atoms with Crippen LogP contribution in [0, 0.1) is 5.92 Å². The van der Waals surface area contributed by atoms with Crippen LogP contribution in [0.3, 0.4) is 0 Å². The summed E-state index contributed by atoms with van der Waals surface area (Å²) in [6, 6.07) is 8.48. The van der Waals surface area contributed by atoms with Crippen molar-refractivity contribution in [1.82, 2.24) is 4.90 Å². The van der Waals surface area contributed by atoms with E-state index in [0.29, 0.717) is 5.75 Å². The lowest BCUT2D eigenvalue weighted by Crippen LogP contribution is -2.44. The zero-order chi connectivity index (χ0) is 17.0. The molecule has 2 atom stereocenters. The molecule has 0 bridgehead atoms. The summed E-state index contributed by atoms with van der Waals surface area (Å²) >= 11 is 1.08. The van der Waals surface area contributed by atoms with Crippen LogP contribution in [0.4, 0.5) is 0 Å². The van der Waals surface area contributed by atoms with Crippen molar-refractivity contribution < 1.29 is 19.5 Å². The van der Waals surface area contributed by atoms with Crippen LogP contribution < -0.4 is 0 Å². The maximum atomic E-state index is 12.6. The minimum absolute atomic E-state index is 0.0519. The van der Waals surface area contributed by atoms with Gasteiger partial charge in [-0.15, -0.1) is 0 Å². The average molecular weight is 333 g/mol. The van der Waals surface area contributed by atoms with E-state index in [1.54, 1.807) is 13.0 Å². The second kappa shape index (κ2) is 7.46. The Hall–Kier alpha value is -2.08. The number of thioether (sulfide) groups is 1. The fraction of sp³-hybridized carbons (Fsp3) is 0.353. The van der Waals surface area contributed by atoms with Crippen LogP contribution in [0.25, 0.3) is 5.57 Å². The van der Waals surface area contributed by atoms with Crippen molar-refractivity contribution in [2.24, 2.45) is 5.92 Å². The van der Waals surface area contributed by atoms with Crippen molar-refractivity contribution in [3.63, 3.8) is 0 Å². The summed E-state index contributed by atoms with van der Waals surface area (Å²) in [6.07, 6.45) is 1.63. The summed E-state index contributed by atoms with van der Waals surface area (Å²) in [4.78, 5) is 36.4. The van der Waals surface area contributed by atoms with Crippen LogP contribution >= 0.6 is 11.8 Å². The summed E-state index contributed by atoms with van der Waals surface area (Å²) < 4.78 is 0. The van der Waals surface area contributed by atoms with E-state index in [2.05, 4.69) is 0 Å². The van der Waals surface area contributed by atoms with Crippen molar-refractivity contribution in [3.05, 3.63) is 42.0 Å². The van der Waals surface area contributed by atoms with Gasteiger partial charge in [0.1, 0.15) is 6.04 Å². The number of amides is 1. The third kappa shape index (κ3) is 4.22. The number of benzene rings is 1. The van der Waals surface area contributed by atoms with E-state index in [-0.39, 0.29) is 17.6 Å². The van der Waals surface area contributed by atoms with Crippen LogP contribution in [0.5, 0.6) is 0 Å². The van der Waals surface area contributed by atoms with Gasteiger partial charge in [-0.25, -0.2) is 4.79 Å². The fourth-order valence-electron chi connectivity index (χ4n) is 2.47. The molecule has 1 amide bonds. The lowest BCUT2D eigenvalue weighted by atomic mass is 10.1. The van der Waals surface area contributed by atoms with Gasteiger partial charge < -0.3 is 10.0 Å². The number of hydrogen-bond acceptors (Lipinski definition) is 4. The molecular weight excluding hydrogens is 314 g/mol. The molecule has 1 aliphatic heterocycles. The first-order chi connectivity index (χ1) is 10.9. The number of hydrogen-bond donors (Lipinski definition) is 1. The van der Waals surface area contributed by atoms with Gasteiger partial charge in [-0.1, -0.05) is 49.0 Å². The maximum absolute atomic E-state index is 12.6. The maximum Gasteiger partial charge on any atom is 0.330 e. The Labute approximate surface area is 139 Å². The van der Waals surface area contributed by atoms with Gasteiger partial charge in [0.2, 0.25) is 5.91 Å². The number of aliphatic carboxylic acids is 1. The van der Waals surface area contributed by atoms with E-state index < -0.39 is 17.9 Å². The minimum Gasteiger partial charge on any atom is -0.479 e. The predicted molar refractivity (Wildman–Crippen MR) is 89.9 cm³/mol. The van der Waals surface area contributed by atoms with Gasteiger partial charge in [0.15, 0.2) is 5.12 Å². The molecule has 0 aromatic heterocycles. The molecule has 0 spiro atoms. The summed E-state index contributed by atoms with van der Waals surface area (Å²) in [5.41, 5.74) is 1.75. The molecule has 2 unspecified atom stereocenters. The van der Waals surface area contributed by atoms with Gasteiger partial charge in [-0.3, -0.25) is 9.59 Å². The highest BCUT2D eigenvalue weighted by Gasteiger charge is 2.36. The number of carboxylic acid groups (broad SMARTS) is 1. The standard InChI is InChI=1S/C17H19NO4S/c1-11(10-23-12(2)19)16(20)18-9-14(8-15(18)17(21)22)13-6-4-3-5-7-13/h3-8,11,15H,9-10H2,1-2H3,(H,21,22). The fourth-order valence-corrected chi connectivity index (χ4v) is 3.10. The van der Waals surface area contributed by atoms with Gasteiger partial charge in [0, 0.05) is 25.1 Å². The number of carboxylic acids is 1. The molecule has 122 valence electrons. The van der Waals surface area contributed by atoms with Crippen molar-refractivity contribution in [1.29, 1.82) is 0 Å². The quantitative estimate of drug-likeness (QED) is 0.895. The summed E-state index contributed by atoms with van der Waals surface area (Å²) in [5, 5.41) is 9.35. The van der Waals surface area contributed by atoms with Crippen molar-refractivity contribution >= 4 is 34.3 Å². The third-order valence-corrected chi connectivity index (χ3v) is 4.75. The van der Waals surface area contributed by atoms with Gasteiger partial charge in [0.25, 0.3) is 0 Å². The first kappa shape index (κ1) is 17.3. The second-order valence-electron chi connectivity index (χ2n) is 5.51. The summed E-state index contributed by atoms with van der Waals surface area (Å²) in [6.45, 7) is 3.44. The number of carbonyl (C=O) groups excluding carboxylic acids is 2. The molecule has 1 heterocycles. The molecule has 5 nitrogen and oxygen atoms in total. The SMILES string of the molecule is CC(=O)SCC(C)C(=O)N1CC(c2ccccc2)=CC1C(=O)O. The van der Waals surface area contributed by atoms with Crippen LogP contribution in [0.15, 0.2) is 36.4 Å². The van der Waals surface area contributed by atoms with Crippen LogP contribution in [0.2, 0.25) is 0 Å². The molecule has 6 heteroatoms. The van der Waals surface area contributed by atoms with E-state index in [1.165, 1.54) is 11.8 Å². The van der Waals surface area contributed by atoms with Gasteiger partial charge in [-0.05, 0) is 17.2 Å². The molecule has 1 N–H and O–H groups in total. The van der Waals surface area contributed by atoms with Crippen LogP contribution in [-0.4, -0.2) is 45.3 Å². The lowest BCUT2D eigenvalue weighted by molar-refractivity contribution is -0.148. The Kier molecular flexibility index (Phi) is 5.60. The molecule has 0 saturated heterocycles. The first-order valence-corrected chi connectivity index (χ1v) is 8.31. The summed E-state index contributed by atoms with van der Waals surface area (Å²) in [5.74, 6) is -1.34. The second-order valence-corrected chi connectivity index (χ2v) is 6.71. The monoisotopic (exact) mass is 333 g/mol. The Balaban J connectivity index is 2.15. The first-order valence-electron chi connectivity index (χ1n) is 7.33. The Morgan fingerprint density at radius 3 is 2.52 bits per heavy atom. The Morgan fingerprint density at radius 1 is 1.30 bits per heavy atom. The predicted octanol–water partition coefficient (Wildman–Crippen LogP) is 2.28. The smallest absolute Gasteiger partial charge is 0.330 e. The minimum atomic E-state index is -1.05. The van der Waals surface area contributed by atoms with Crippen molar-refractivity contribution in [2.45, 2.75) is 19.9 Å².